The highest BCUT2D eigenvalue weighted by Gasteiger charge is 2.28. The van der Waals surface area contributed by atoms with Gasteiger partial charge in [0.05, 0.1) is 23.2 Å². The van der Waals surface area contributed by atoms with Gasteiger partial charge in [0, 0.05) is 30.7 Å². The molecule has 9 nitrogen and oxygen atoms in total. The number of nitrogens with zero attached hydrogens (tertiary/aromatic N) is 2. The molecule has 1 aliphatic heterocycles. The van der Waals surface area contributed by atoms with Gasteiger partial charge in [0.2, 0.25) is 0 Å². The number of ether oxygens (including phenoxy) is 1. The minimum Gasteiger partial charge on any atom is -0.508 e. The van der Waals surface area contributed by atoms with Gasteiger partial charge < -0.3 is 15.2 Å². The average Bonchev–Trinajstić information content (AvgIpc) is 3.46. The van der Waals surface area contributed by atoms with E-state index in [9.17, 15) is 18.3 Å². The van der Waals surface area contributed by atoms with Crippen molar-refractivity contribution in [3.8, 4) is 5.75 Å². The van der Waals surface area contributed by atoms with Crippen molar-refractivity contribution < 1.29 is 27.2 Å². The Balaban J connectivity index is 1.15. The number of carbonyl (C=O) groups excluding carboxylic acids is 1. The van der Waals surface area contributed by atoms with Crippen molar-refractivity contribution in [2.75, 3.05) is 19.8 Å². The maximum absolute atomic E-state index is 13.1. The van der Waals surface area contributed by atoms with Gasteiger partial charge >= 0.3 is 0 Å². The highest BCUT2D eigenvalue weighted by atomic mass is 32.2. The number of benzene rings is 1. The van der Waals surface area contributed by atoms with E-state index in [2.05, 4.69) is 10.00 Å². The summed E-state index contributed by atoms with van der Waals surface area (Å²) in [5.74, 6) is -0.0857. The number of nitrogens with one attached hydrogen (secondary N) is 1. The molecule has 2 N–H and O–H groups in total. The summed E-state index contributed by atoms with van der Waals surface area (Å²) in [6.45, 7) is 5.22. The third-order valence-electron chi connectivity index (χ3n) is 7.41. The lowest BCUT2D eigenvalue weighted by molar-refractivity contribution is 0.0675. The Hall–Kier alpha value is -2.47. The van der Waals surface area contributed by atoms with E-state index in [4.69, 9.17) is 14.0 Å². The number of thiophene rings is 1. The van der Waals surface area contributed by atoms with E-state index in [0.29, 0.717) is 16.5 Å². The number of aromatic hydroxyl groups is 1. The summed E-state index contributed by atoms with van der Waals surface area (Å²) < 4.78 is 38.1. The maximum atomic E-state index is 13.1. The predicted molar refractivity (Wildman–Crippen MR) is 141 cm³/mol. The van der Waals surface area contributed by atoms with E-state index < -0.39 is 10.1 Å². The number of carbonyl (C=O) groups is 1. The number of amides is 1. The molecule has 11 heteroatoms. The van der Waals surface area contributed by atoms with Crippen LogP contribution in [0.2, 0.25) is 0 Å². The van der Waals surface area contributed by atoms with Gasteiger partial charge in [-0.15, -0.1) is 11.3 Å². The second-order valence-corrected chi connectivity index (χ2v) is 12.7. The lowest BCUT2D eigenvalue weighted by Crippen LogP contribution is -2.38. The predicted octanol–water partition coefficient (Wildman–Crippen LogP) is 4.47. The highest BCUT2D eigenvalue weighted by Crippen LogP contribution is 2.34. The van der Waals surface area contributed by atoms with Crippen molar-refractivity contribution >= 4 is 37.6 Å². The zero-order chi connectivity index (χ0) is 26.2. The van der Waals surface area contributed by atoms with Crippen LogP contribution in [0.3, 0.4) is 0 Å². The number of phenolic OH excluding ortho intramolecular Hbond substituents is 1. The fraction of sp³-hybridized carbons (Fsp3) is 0.538. The first-order valence-electron chi connectivity index (χ1n) is 12.8. The van der Waals surface area contributed by atoms with Crippen LogP contribution < -0.4 is 5.32 Å². The van der Waals surface area contributed by atoms with Crippen molar-refractivity contribution in [3.05, 3.63) is 40.4 Å². The fourth-order valence-electron chi connectivity index (χ4n) is 5.20. The third kappa shape index (κ3) is 5.69. The summed E-state index contributed by atoms with van der Waals surface area (Å²) in [4.78, 5) is 14.8. The van der Waals surface area contributed by atoms with Crippen LogP contribution in [0.25, 0.3) is 10.2 Å². The van der Waals surface area contributed by atoms with Crippen molar-refractivity contribution in [3.63, 3.8) is 0 Å². The van der Waals surface area contributed by atoms with E-state index in [1.165, 1.54) is 23.5 Å². The summed E-state index contributed by atoms with van der Waals surface area (Å²) in [6.07, 6.45) is 4.93. The van der Waals surface area contributed by atoms with Crippen LogP contribution in [0.1, 0.15) is 65.5 Å². The van der Waals surface area contributed by atoms with Gasteiger partial charge in [-0.25, -0.2) is 0 Å². The Morgan fingerprint density at radius 2 is 1.89 bits per heavy atom. The largest absolute Gasteiger partial charge is 0.508 e. The first-order chi connectivity index (χ1) is 17.7. The van der Waals surface area contributed by atoms with Crippen molar-refractivity contribution in [2.45, 2.75) is 69.4 Å². The maximum Gasteiger partial charge on any atom is 0.297 e. The van der Waals surface area contributed by atoms with Gasteiger partial charge in [-0.2, -0.15) is 13.5 Å². The lowest BCUT2D eigenvalue weighted by atomic mass is 9.86. The molecule has 0 unspecified atom stereocenters. The summed E-state index contributed by atoms with van der Waals surface area (Å²) in [5, 5.41) is 18.6. The molecule has 1 aliphatic carbocycles. The second kappa shape index (κ2) is 10.7. The molecule has 5 rings (SSSR count). The molecule has 0 atom stereocenters. The fourth-order valence-corrected chi connectivity index (χ4v) is 7.56. The molecule has 1 saturated carbocycles. The van der Waals surface area contributed by atoms with Crippen LogP contribution in [0, 0.1) is 19.8 Å². The molecular weight excluding hydrogens is 514 g/mol. The summed E-state index contributed by atoms with van der Waals surface area (Å²) in [5.41, 5.74) is 1.47. The van der Waals surface area contributed by atoms with Crippen LogP contribution in [0.4, 0.5) is 0 Å². The average molecular weight is 548 g/mol. The summed E-state index contributed by atoms with van der Waals surface area (Å²) >= 11 is 1.49. The molecule has 2 aliphatic rings. The molecule has 1 amide bonds. The van der Waals surface area contributed by atoms with Gasteiger partial charge in [0.15, 0.2) is 0 Å². The van der Waals surface area contributed by atoms with Crippen LogP contribution in [-0.2, 0) is 19.0 Å². The molecule has 1 aromatic carbocycles. The van der Waals surface area contributed by atoms with Crippen LogP contribution in [0.5, 0.6) is 5.75 Å². The zero-order valence-electron chi connectivity index (χ0n) is 21.1. The van der Waals surface area contributed by atoms with Gasteiger partial charge in [0.1, 0.15) is 15.5 Å². The molecule has 3 heterocycles. The minimum absolute atomic E-state index is 0.00744. The second-order valence-electron chi connectivity index (χ2n) is 10.1. The minimum atomic E-state index is -3.95. The van der Waals surface area contributed by atoms with Crippen LogP contribution in [-0.4, -0.2) is 55.1 Å². The molecular formula is C26H33N3O6S2. The molecule has 0 radical (unpaired) electrons. The van der Waals surface area contributed by atoms with E-state index in [-0.39, 0.29) is 35.1 Å². The van der Waals surface area contributed by atoms with Crippen molar-refractivity contribution in [1.82, 2.24) is 15.1 Å². The number of aryl methyl sites for hydroxylation is 2. The molecule has 2 aromatic heterocycles. The number of hydrogen-bond acceptors (Lipinski definition) is 8. The van der Waals surface area contributed by atoms with Crippen molar-refractivity contribution in [1.29, 1.82) is 0 Å². The van der Waals surface area contributed by atoms with E-state index in [1.807, 2.05) is 13.0 Å². The normalized spacial score (nSPS) is 21.4. The Labute approximate surface area is 220 Å². The molecule has 0 spiro atoms. The smallest absolute Gasteiger partial charge is 0.297 e. The first-order valence-corrected chi connectivity index (χ1v) is 15.0. The number of hydrogen-bond donors (Lipinski definition) is 2. The third-order valence-corrected chi connectivity index (χ3v) is 9.96. The quantitative estimate of drug-likeness (QED) is 0.419. The van der Waals surface area contributed by atoms with E-state index in [0.717, 1.165) is 67.6 Å². The highest BCUT2D eigenvalue weighted by molar-refractivity contribution is 7.86. The molecule has 3 aromatic rings. The SMILES string of the molecule is Cc1ccc(O)cc1S(=O)(=O)OC[C@H]1CC[C@H](NC(=O)c2cc3c(C)nn(C4CCOCC4)c3s2)CC1. The van der Waals surface area contributed by atoms with Gasteiger partial charge in [-0.05, 0) is 76.0 Å². The van der Waals surface area contributed by atoms with Gasteiger partial charge in [0.25, 0.3) is 16.0 Å². The zero-order valence-corrected chi connectivity index (χ0v) is 22.7. The molecule has 2 fully saturated rings. The molecule has 37 heavy (non-hydrogen) atoms. The number of aromatic nitrogens is 2. The molecule has 200 valence electrons. The summed E-state index contributed by atoms with van der Waals surface area (Å²) in [7, 11) is -3.95. The van der Waals surface area contributed by atoms with Gasteiger partial charge in [-0.1, -0.05) is 6.07 Å². The number of fused-ring (bicyclic) bond motifs is 1. The monoisotopic (exact) mass is 547 g/mol. The number of rotatable bonds is 7. The Bertz CT molecular complexity index is 1380. The van der Waals surface area contributed by atoms with Crippen molar-refractivity contribution in [2.24, 2.45) is 5.92 Å². The molecule has 1 saturated heterocycles. The van der Waals surface area contributed by atoms with Crippen LogP contribution in [0.15, 0.2) is 29.2 Å². The van der Waals surface area contributed by atoms with E-state index >= 15 is 0 Å². The van der Waals surface area contributed by atoms with E-state index in [1.54, 1.807) is 13.0 Å². The van der Waals surface area contributed by atoms with Gasteiger partial charge in [-0.3, -0.25) is 13.7 Å². The Morgan fingerprint density at radius 1 is 1.16 bits per heavy atom. The first kappa shape index (κ1) is 26.1. The number of phenols is 1. The van der Waals surface area contributed by atoms with Crippen LogP contribution >= 0.6 is 11.3 Å². The molecule has 0 bridgehead atoms. The lowest BCUT2D eigenvalue weighted by Gasteiger charge is -2.28. The Kier molecular flexibility index (Phi) is 7.58. The topological polar surface area (TPSA) is 120 Å². The standard InChI is InChI=1S/C26H33N3O6S2/c1-16-3-8-21(30)13-24(16)37(32,33)35-15-18-4-6-19(7-5-18)27-25(31)23-14-22-17(2)28-29(26(22)36-23)20-9-11-34-12-10-20/h3,8,13-14,18-20,30H,4-7,9-12,15H2,1-2H3,(H,27,31)/t18-,19-. The Morgan fingerprint density at radius 3 is 2.62 bits per heavy atom. The summed E-state index contributed by atoms with van der Waals surface area (Å²) in [6, 6.07) is 6.52.